The molecule has 0 amide bonds. The molecule has 0 radical (unpaired) electrons. The van der Waals surface area contributed by atoms with Gasteiger partial charge in [-0.2, -0.15) is 0 Å². The molecular weight excluding hydrogens is 633 g/mol. The molecule has 0 atom stereocenters. The smallest absolute Gasteiger partial charge is 0.195 e. The second-order valence-electron chi connectivity index (χ2n) is 13.4. The van der Waals surface area contributed by atoms with Crippen LogP contribution in [-0.2, 0) is 0 Å². The number of ketones is 2. The SMILES string of the molecule is CCCCCCOc1ccc(Sc2cccc3c2C(=O)c2cccc(Sc4ccc(OCC5CCC(C(C)C)CC5)cc4)c2C3=O)cc1. The van der Waals surface area contributed by atoms with Gasteiger partial charge in [-0.05, 0) is 111 Å². The number of carbonyl (C=O) groups is 2. The molecule has 0 spiro atoms. The fourth-order valence-electron chi connectivity index (χ4n) is 6.76. The summed E-state index contributed by atoms with van der Waals surface area (Å²) in [4.78, 5) is 31.6. The van der Waals surface area contributed by atoms with E-state index in [1.54, 1.807) is 12.1 Å². The standard InChI is InChI=1S/C42H46O4S2/c1-4-5-6-7-26-45-31-18-22-33(23-19-31)47-37-12-8-10-35-39(37)41(43)36-11-9-13-38(40(36)42(35)44)48-34-24-20-32(21-25-34)46-27-29-14-16-30(17-15-29)28(2)3/h8-13,18-25,28-30H,4-7,14-17,26-27H2,1-3H3. The highest BCUT2D eigenvalue weighted by Crippen LogP contribution is 2.42. The lowest BCUT2D eigenvalue weighted by Crippen LogP contribution is -2.22. The van der Waals surface area contributed by atoms with Crippen molar-refractivity contribution >= 4 is 35.1 Å². The van der Waals surface area contributed by atoms with Gasteiger partial charge in [-0.15, -0.1) is 0 Å². The minimum atomic E-state index is -0.108. The largest absolute Gasteiger partial charge is 0.494 e. The Kier molecular flexibility index (Phi) is 11.7. The number of benzene rings is 4. The van der Waals surface area contributed by atoms with E-state index in [0.717, 1.165) is 55.9 Å². The minimum Gasteiger partial charge on any atom is -0.494 e. The van der Waals surface area contributed by atoms with Gasteiger partial charge in [0, 0.05) is 41.8 Å². The van der Waals surface area contributed by atoms with Gasteiger partial charge >= 0.3 is 0 Å². The summed E-state index contributed by atoms with van der Waals surface area (Å²) in [5.74, 6) is 3.75. The van der Waals surface area contributed by atoms with Crippen LogP contribution < -0.4 is 9.47 Å². The zero-order valence-electron chi connectivity index (χ0n) is 28.3. The molecule has 6 heteroatoms. The third-order valence-corrected chi connectivity index (χ3v) is 11.8. The third-order valence-electron chi connectivity index (χ3n) is 9.69. The van der Waals surface area contributed by atoms with Crippen molar-refractivity contribution in [1.29, 1.82) is 0 Å². The number of unbranched alkanes of at least 4 members (excludes halogenated alkanes) is 3. The first-order valence-corrected chi connectivity index (χ1v) is 19.2. The van der Waals surface area contributed by atoms with Gasteiger partial charge in [0.25, 0.3) is 0 Å². The lowest BCUT2D eigenvalue weighted by Gasteiger charge is -2.30. The van der Waals surface area contributed by atoms with E-state index in [1.807, 2.05) is 72.8 Å². The van der Waals surface area contributed by atoms with Crippen LogP contribution in [-0.4, -0.2) is 24.8 Å². The Balaban J connectivity index is 1.11. The predicted octanol–water partition coefficient (Wildman–Crippen LogP) is 11.6. The van der Waals surface area contributed by atoms with E-state index in [1.165, 1.54) is 68.5 Å². The van der Waals surface area contributed by atoms with E-state index in [2.05, 4.69) is 20.8 Å². The number of carbonyl (C=O) groups excluding carboxylic acids is 2. The van der Waals surface area contributed by atoms with Crippen LogP contribution in [0.2, 0.25) is 0 Å². The zero-order chi connectivity index (χ0) is 33.5. The molecule has 48 heavy (non-hydrogen) atoms. The number of hydrogen-bond acceptors (Lipinski definition) is 6. The molecule has 4 aromatic carbocycles. The monoisotopic (exact) mass is 678 g/mol. The molecule has 0 unspecified atom stereocenters. The van der Waals surface area contributed by atoms with Crippen molar-refractivity contribution in [2.24, 2.45) is 17.8 Å². The van der Waals surface area contributed by atoms with Crippen molar-refractivity contribution in [3.63, 3.8) is 0 Å². The summed E-state index contributed by atoms with van der Waals surface area (Å²) in [7, 11) is 0. The molecule has 0 saturated heterocycles. The Morgan fingerprint density at radius 3 is 1.67 bits per heavy atom. The van der Waals surface area contributed by atoms with Gasteiger partial charge in [-0.1, -0.05) is 87.8 Å². The van der Waals surface area contributed by atoms with Crippen LogP contribution in [0.25, 0.3) is 0 Å². The lowest BCUT2D eigenvalue weighted by molar-refractivity contribution is 0.0974. The van der Waals surface area contributed by atoms with Gasteiger partial charge in [0.15, 0.2) is 11.6 Å². The van der Waals surface area contributed by atoms with Crippen LogP contribution in [0.1, 0.15) is 104 Å². The first-order chi connectivity index (χ1) is 23.4. The molecule has 0 aliphatic heterocycles. The van der Waals surface area contributed by atoms with E-state index in [0.29, 0.717) is 34.8 Å². The predicted molar refractivity (Wildman–Crippen MR) is 196 cm³/mol. The molecule has 6 rings (SSSR count). The summed E-state index contributed by atoms with van der Waals surface area (Å²) in [5, 5.41) is 0. The number of fused-ring (bicyclic) bond motifs is 2. The van der Waals surface area contributed by atoms with Crippen LogP contribution in [0.3, 0.4) is 0 Å². The number of ether oxygens (including phenoxy) is 2. The molecule has 1 saturated carbocycles. The van der Waals surface area contributed by atoms with Crippen molar-refractivity contribution in [1.82, 2.24) is 0 Å². The van der Waals surface area contributed by atoms with E-state index in [4.69, 9.17) is 9.47 Å². The van der Waals surface area contributed by atoms with Crippen LogP contribution in [0.4, 0.5) is 0 Å². The van der Waals surface area contributed by atoms with Gasteiger partial charge in [-0.25, -0.2) is 0 Å². The van der Waals surface area contributed by atoms with Crippen LogP contribution in [0.15, 0.2) is 105 Å². The van der Waals surface area contributed by atoms with Crippen molar-refractivity contribution in [3.8, 4) is 11.5 Å². The molecule has 1 fully saturated rings. The molecule has 0 bridgehead atoms. The molecule has 4 aromatic rings. The van der Waals surface area contributed by atoms with Crippen molar-refractivity contribution in [3.05, 3.63) is 107 Å². The summed E-state index contributed by atoms with van der Waals surface area (Å²) >= 11 is 3.01. The fourth-order valence-corrected chi connectivity index (χ4v) is 8.72. The second-order valence-corrected chi connectivity index (χ2v) is 15.6. The van der Waals surface area contributed by atoms with E-state index < -0.39 is 0 Å². The Hall–Kier alpha value is -3.48. The molecule has 0 heterocycles. The topological polar surface area (TPSA) is 52.6 Å². The highest BCUT2D eigenvalue weighted by atomic mass is 32.2. The number of rotatable bonds is 14. The maximum absolute atomic E-state index is 14.0. The molecule has 4 nitrogen and oxygen atoms in total. The summed E-state index contributed by atoms with van der Waals surface area (Å²) in [5.41, 5.74) is 1.89. The minimum absolute atomic E-state index is 0.107. The Labute approximate surface area is 294 Å². The van der Waals surface area contributed by atoms with Gasteiger partial charge in [0.05, 0.1) is 13.2 Å². The fraction of sp³-hybridized carbons (Fsp3) is 0.381. The summed E-state index contributed by atoms with van der Waals surface area (Å²) in [6.07, 6.45) is 9.77. The summed E-state index contributed by atoms with van der Waals surface area (Å²) in [6.45, 7) is 8.35. The van der Waals surface area contributed by atoms with Crippen LogP contribution >= 0.6 is 23.5 Å². The molecule has 2 aliphatic carbocycles. The third kappa shape index (κ3) is 8.20. The van der Waals surface area contributed by atoms with Crippen molar-refractivity contribution < 1.29 is 19.1 Å². The van der Waals surface area contributed by atoms with Crippen molar-refractivity contribution in [2.45, 2.75) is 91.7 Å². The Morgan fingerprint density at radius 1 is 0.646 bits per heavy atom. The quantitative estimate of drug-likeness (QED) is 0.109. The average molecular weight is 679 g/mol. The van der Waals surface area contributed by atoms with Crippen molar-refractivity contribution in [2.75, 3.05) is 13.2 Å². The van der Waals surface area contributed by atoms with E-state index >= 15 is 0 Å². The first kappa shape index (κ1) is 34.4. The Morgan fingerprint density at radius 2 is 1.17 bits per heavy atom. The van der Waals surface area contributed by atoms with Crippen LogP contribution in [0.5, 0.6) is 11.5 Å². The van der Waals surface area contributed by atoms with Crippen LogP contribution in [0, 0.1) is 17.8 Å². The van der Waals surface area contributed by atoms with E-state index in [-0.39, 0.29) is 11.6 Å². The molecule has 0 aromatic heterocycles. The zero-order valence-corrected chi connectivity index (χ0v) is 30.0. The second kappa shape index (κ2) is 16.3. The van der Waals surface area contributed by atoms with Gasteiger partial charge in [0.2, 0.25) is 0 Å². The normalized spacial score (nSPS) is 17.2. The van der Waals surface area contributed by atoms with E-state index in [9.17, 15) is 9.59 Å². The molecule has 0 N–H and O–H groups in total. The highest BCUT2D eigenvalue weighted by Gasteiger charge is 2.34. The summed E-state index contributed by atoms with van der Waals surface area (Å²) < 4.78 is 12.1. The molecule has 250 valence electrons. The number of hydrogen-bond donors (Lipinski definition) is 0. The summed E-state index contributed by atoms with van der Waals surface area (Å²) in [6, 6.07) is 27.2. The molecule has 2 aliphatic rings. The van der Waals surface area contributed by atoms with Gasteiger partial charge in [-0.3, -0.25) is 9.59 Å². The lowest BCUT2D eigenvalue weighted by atomic mass is 9.77. The maximum atomic E-state index is 14.0. The first-order valence-electron chi connectivity index (χ1n) is 17.6. The molecular formula is C42H46O4S2. The van der Waals surface area contributed by atoms with Gasteiger partial charge in [0.1, 0.15) is 11.5 Å². The Bertz CT molecular complexity index is 1700. The average Bonchev–Trinajstić information content (AvgIpc) is 3.11. The highest BCUT2D eigenvalue weighted by molar-refractivity contribution is 7.99. The maximum Gasteiger partial charge on any atom is 0.195 e. The van der Waals surface area contributed by atoms with Gasteiger partial charge < -0.3 is 9.47 Å².